The summed E-state index contributed by atoms with van der Waals surface area (Å²) in [6.45, 7) is 3.46. The van der Waals surface area contributed by atoms with Crippen LogP contribution in [0.15, 0.2) is 24.8 Å². The molecule has 7 nitrogen and oxygen atoms in total. The Bertz CT molecular complexity index is 612. The van der Waals surface area contributed by atoms with Gasteiger partial charge in [-0.05, 0) is 11.6 Å². The Labute approximate surface area is 127 Å². The zero-order valence-electron chi connectivity index (χ0n) is 12.4. The number of carbonyl (C=O) groups is 2. The largest absolute Gasteiger partial charge is 0.493 e. The molecular weight excluding hydrogens is 290 g/mol. The minimum atomic E-state index is -1.11. The molecule has 1 aromatic carbocycles. The van der Waals surface area contributed by atoms with Crippen LogP contribution in [0.3, 0.4) is 0 Å². The lowest BCUT2D eigenvalue weighted by Gasteiger charge is -2.22. The Balaban J connectivity index is 2.45. The van der Waals surface area contributed by atoms with Gasteiger partial charge < -0.3 is 19.3 Å². The fourth-order valence-corrected chi connectivity index (χ4v) is 2.39. The molecule has 0 radical (unpaired) electrons. The highest BCUT2D eigenvalue weighted by atomic mass is 16.6. The Morgan fingerprint density at radius 1 is 1.36 bits per heavy atom. The van der Waals surface area contributed by atoms with Crippen molar-refractivity contribution >= 4 is 17.7 Å². The van der Waals surface area contributed by atoms with Crippen molar-refractivity contribution in [1.82, 2.24) is 0 Å². The molecular formula is C15H17NO6. The molecule has 0 aromatic heterocycles. The molecule has 1 amide bonds. The number of carboxylic acid groups (broad SMARTS) is 1. The second-order valence-electron chi connectivity index (χ2n) is 4.63. The highest BCUT2D eigenvalue weighted by molar-refractivity contribution is 5.99. The highest BCUT2D eigenvalue weighted by Gasteiger charge is 2.40. The zero-order valence-corrected chi connectivity index (χ0v) is 12.4. The van der Waals surface area contributed by atoms with Gasteiger partial charge in [0.1, 0.15) is 12.6 Å². The van der Waals surface area contributed by atoms with Gasteiger partial charge in [0.05, 0.1) is 19.9 Å². The number of amides is 1. The zero-order chi connectivity index (χ0) is 16.3. The molecule has 22 heavy (non-hydrogen) atoms. The van der Waals surface area contributed by atoms with E-state index in [-0.39, 0.29) is 13.0 Å². The van der Waals surface area contributed by atoms with E-state index in [0.29, 0.717) is 22.7 Å². The van der Waals surface area contributed by atoms with Gasteiger partial charge in [-0.1, -0.05) is 12.7 Å². The lowest BCUT2D eigenvalue weighted by atomic mass is 10.1. The van der Waals surface area contributed by atoms with Crippen molar-refractivity contribution in [2.45, 2.75) is 12.5 Å². The molecule has 1 aromatic rings. The molecule has 1 aliphatic rings. The number of rotatable bonds is 5. The average Bonchev–Trinajstić information content (AvgIpc) is 2.89. The van der Waals surface area contributed by atoms with Crippen LogP contribution >= 0.6 is 0 Å². The van der Waals surface area contributed by atoms with Gasteiger partial charge in [0.15, 0.2) is 11.5 Å². The summed E-state index contributed by atoms with van der Waals surface area (Å²) in [5.41, 5.74) is 1.12. The maximum absolute atomic E-state index is 12.2. The number of anilines is 1. The minimum Gasteiger partial charge on any atom is -0.493 e. The second-order valence-corrected chi connectivity index (χ2v) is 4.63. The SMILES string of the molecule is C=CCOC(=O)N1c2cc(OC)c(OC)cc2CC1C(=O)O. The van der Waals surface area contributed by atoms with Gasteiger partial charge in [0, 0.05) is 12.5 Å². The van der Waals surface area contributed by atoms with E-state index in [0.717, 1.165) is 4.90 Å². The summed E-state index contributed by atoms with van der Waals surface area (Å²) < 4.78 is 15.4. The number of aliphatic carboxylic acids is 1. The Kier molecular flexibility index (Phi) is 4.55. The fraction of sp³-hybridized carbons (Fsp3) is 0.333. The number of hydrogen-bond donors (Lipinski definition) is 1. The van der Waals surface area contributed by atoms with E-state index in [9.17, 15) is 14.7 Å². The predicted molar refractivity (Wildman–Crippen MR) is 78.7 cm³/mol. The third kappa shape index (κ3) is 2.69. The summed E-state index contributed by atoms with van der Waals surface area (Å²) >= 11 is 0. The average molecular weight is 307 g/mol. The van der Waals surface area contributed by atoms with Crippen molar-refractivity contribution < 1.29 is 28.9 Å². The summed E-state index contributed by atoms with van der Waals surface area (Å²) in [4.78, 5) is 24.7. The lowest BCUT2D eigenvalue weighted by molar-refractivity contribution is -0.138. The predicted octanol–water partition coefficient (Wildman–Crippen LogP) is 1.84. The molecule has 7 heteroatoms. The van der Waals surface area contributed by atoms with Gasteiger partial charge in [-0.25, -0.2) is 9.59 Å². The van der Waals surface area contributed by atoms with Gasteiger partial charge >= 0.3 is 12.1 Å². The van der Waals surface area contributed by atoms with Crippen LogP contribution in [0.25, 0.3) is 0 Å². The van der Waals surface area contributed by atoms with Crippen molar-refractivity contribution in [1.29, 1.82) is 0 Å². The van der Waals surface area contributed by atoms with Crippen molar-refractivity contribution in [3.05, 3.63) is 30.4 Å². The van der Waals surface area contributed by atoms with Crippen molar-refractivity contribution in [3.63, 3.8) is 0 Å². The molecule has 1 atom stereocenters. The fourth-order valence-electron chi connectivity index (χ4n) is 2.39. The van der Waals surface area contributed by atoms with Crippen LogP contribution in [0, 0.1) is 0 Å². The normalized spacial score (nSPS) is 15.9. The number of ether oxygens (including phenoxy) is 3. The van der Waals surface area contributed by atoms with Crippen LogP contribution in [-0.2, 0) is 16.0 Å². The highest BCUT2D eigenvalue weighted by Crippen LogP contribution is 2.41. The quantitative estimate of drug-likeness (QED) is 0.836. The summed E-state index contributed by atoms with van der Waals surface area (Å²) in [6, 6.07) is 2.22. The molecule has 0 bridgehead atoms. The second kappa shape index (κ2) is 6.38. The molecule has 0 saturated carbocycles. The monoisotopic (exact) mass is 307 g/mol. The van der Waals surface area contributed by atoms with E-state index in [4.69, 9.17) is 14.2 Å². The van der Waals surface area contributed by atoms with E-state index in [1.165, 1.54) is 20.3 Å². The van der Waals surface area contributed by atoms with Crippen molar-refractivity contribution in [3.8, 4) is 11.5 Å². The van der Waals surface area contributed by atoms with E-state index in [2.05, 4.69) is 6.58 Å². The van der Waals surface area contributed by atoms with Gasteiger partial charge in [0.2, 0.25) is 0 Å². The van der Waals surface area contributed by atoms with Gasteiger partial charge in [-0.3, -0.25) is 4.90 Å². The van der Waals surface area contributed by atoms with E-state index >= 15 is 0 Å². The maximum atomic E-state index is 12.2. The van der Waals surface area contributed by atoms with Crippen LogP contribution in [0.4, 0.5) is 10.5 Å². The number of methoxy groups -OCH3 is 2. The molecule has 1 N–H and O–H groups in total. The number of nitrogens with zero attached hydrogens (tertiary/aromatic N) is 1. The van der Waals surface area contributed by atoms with E-state index < -0.39 is 18.1 Å². The maximum Gasteiger partial charge on any atom is 0.415 e. The minimum absolute atomic E-state index is 0.00426. The molecule has 1 unspecified atom stereocenters. The molecule has 2 rings (SSSR count). The smallest absolute Gasteiger partial charge is 0.415 e. The number of carbonyl (C=O) groups excluding carboxylic acids is 1. The van der Waals surface area contributed by atoms with Gasteiger partial charge in [-0.2, -0.15) is 0 Å². The summed E-state index contributed by atoms with van der Waals surface area (Å²) in [6.07, 6.45) is 0.853. The summed E-state index contributed by atoms with van der Waals surface area (Å²) in [7, 11) is 2.96. The third-order valence-corrected chi connectivity index (χ3v) is 3.38. The lowest BCUT2D eigenvalue weighted by Crippen LogP contribution is -2.43. The molecule has 0 spiro atoms. The Hall–Kier alpha value is -2.70. The topological polar surface area (TPSA) is 85.3 Å². The first-order valence-corrected chi connectivity index (χ1v) is 6.58. The molecule has 1 aliphatic heterocycles. The summed E-state index contributed by atoms with van der Waals surface area (Å²) in [5.74, 6) is -0.217. The summed E-state index contributed by atoms with van der Waals surface area (Å²) in [5, 5.41) is 9.35. The van der Waals surface area contributed by atoms with Gasteiger partial charge in [0.25, 0.3) is 0 Å². The van der Waals surface area contributed by atoms with Crippen LogP contribution in [0.1, 0.15) is 5.56 Å². The van der Waals surface area contributed by atoms with Crippen molar-refractivity contribution in [2.75, 3.05) is 25.7 Å². The first-order chi connectivity index (χ1) is 10.5. The first kappa shape index (κ1) is 15.7. The number of hydrogen-bond acceptors (Lipinski definition) is 5. The number of fused-ring (bicyclic) bond motifs is 1. The van der Waals surface area contributed by atoms with Gasteiger partial charge in [-0.15, -0.1) is 0 Å². The van der Waals surface area contributed by atoms with E-state index in [1.807, 2.05) is 0 Å². The molecule has 0 aliphatic carbocycles. The van der Waals surface area contributed by atoms with Crippen LogP contribution < -0.4 is 14.4 Å². The molecule has 0 fully saturated rings. The Morgan fingerprint density at radius 2 is 2.00 bits per heavy atom. The molecule has 118 valence electrons. The standard InChI is InChI=1S/C15H17NO6/c1-4-5-22-15(19)16-10-8-13(21-3)12(20-2)7-9(10)6-11(16)14(17)18/h4,7-8,11H,1,5-6H2,2-3H3,(H,17,18). The van der Waals surface area contributed by atoms with Crippen molar-refractivity contribution in [2.24, 2.45) is 0 Å². The Morgan fingerprint density at radius 3 is 2.55 bits per heavy atom. The van der Waals surface area contributed by atoms with Crippen LogP contribution in [0.2, 0.25) is 0 Å². The third-order valence-electron chi connectivity index (χ3n) is 3.38. The van der Waals surface area contributed by atoms with Crippen LogP contribution in [-0.4, -0.2) is 44.0 Å². The van der Waals surface area contributed by atoms with Crippen LogP contribution in [0.5, 0.6) is 11.5 Å². The van der Waals surface area contributed by atoms with E-state index in [1.54, 1.807) is 12.1 Å². The number of benzene rings is 1. The molecule has 1 heterocycles. The first-order valence-electron chi connectivity index (χ1n) is 6.58. The molecule has 0 saturated heterocycles. The number of carboxylic acids is 1.